The highest BCUT2D eigenvalue weighted by Crippen LogP contribution is 2.42. The van der Waals surface area contributed by atoms with E-state index in [1.807, 2.05) is 0 Å². The fraction of sp³-hybridized carbons (Fsp3) is 0.750. The Morgan fingerprint density at radius 1 is 1.33 bits per heavy atom. The molecular formula is C12H21N3. The lowest BCUT2D eigenvalue weighted by Gasteiger charge is -2.07. The number of imidazole rings is 1. The molecular weight excluding hydrogens is 186 g/mol. The molecule has 0 aliphatic heterocycles. The number of anilines is 1. The Bertz CT molecular complexity index is 337. The second-order valence-corrected chi connectivity index (χ2v) is 4.47. The van der Waals surface area contributed by atoms with Gasteiger partial charge in [-0.05, 0) is 25.7 Å². The number of nitrogen functional groups attached to an aromatic ring is 1. The SMILES string of the molecule is CCCc1nc(C2CC2)c(N)n1CCC. The van der Waals surface area contributed by atoms with Crippen molar-refractivity contribution in [3.63, 3.8) is 0 Å². The zero-order valence-corrected chi connectivity index (χ0v) is 9.79. The lowest BCUT2D eigenvalue weighted by atomic mass is 10.3. The number of nitrogens with zero attached hydrogens (tertiary/aromatic N) is 2. The summed E-state index contributed by atoms with van der Waals surface area (Å²) in [5, 5.41) is 0. The monoisotopic (exact) mass is 207 g/mol. The molecule has 1 fully saturated rings. The number of hydrogen-bond acceptors (Lipinski definition) is 2. The van der Waals surface area contributed by atoms with Crippen LogP contribution in [0, 0.1) is 0 Å². The summed E-state index contributed by atoms with van der Waals surface area (Å²) in [4.78, 5) is 4.72. The van der Waals surface area contributed by atoms with Crippen LogP contribution in [0.2, 0.25) is 0 Å². The van der Waals surface area contributed by atoms with E-state index in [0.717, 1.165) is 31.6 Å². The molecule has 1 saturated carbocycles. The first-order valence-corrected chi connectivity index (χ1v) is 6.12. The van der Waals surface area contributed by atoms with E-state index in [2.05, 4.69) is 18.4 Å². The molecule has 0 bridgehead atoms. The molecule has 1 aromatic rings. The normalized spacial score (nSPS) is 15.9. The van der Waals surface area contributed by atoms with E-state index < -0.39 is 0 Å². The van der Waals surface area contributed by atoms with E-state index in [9.17, 15) is 0 Å². The van der Waals surface area contributed by atoms with E-state index in [0.29, 0.717) is 5.92 Å². The number of nitrogens with two attached hydrogens (primary N) is 1. The fourth-order valence-corrected chi connectivity index (χ4v) is 2.08. The summed E-state index contributed by atoms with van der Waals surface area (Å²) in [5.41, 5.74) is 7.33. The molecule has 0 spiro atoms. The number of aryl methyl sites for hydroxylation is 1. The van der Waals surface area contributed by atoms with Gasteiger partial charge >= 0.3 is 0 Å². The fourth-order valence-electron chi connectivity index (χ4n) is 2.08. The maximum atomic E-state index is 6.16. The van der Waals surface area contributed by atoms with Gasteiger partial charge in [-0.15, -0.1) is 0 Å². The van der Waals surface area contributed by atoms with E-state index in [4.69, 9.17) is 10.7 Å². The quantitative estimate of drug-likeness (QED) is 0.806. The van der Waals surface area contributed by atoms with E-state index in [1.165, 1.54) is 24.4 Å². The van der Waals surface area contributed by atoms with Gasteiger partial charge in [-0.25, -0.2) is 4.98 Å². The van der Waals surface area contributed by atoms with Crippen LogP contribution in [0.1, 0.15) is 57.0 Å². The summed E-state index contributed by atoms with van der Waals surface area (Å²) < 4.78 is 2.22. The molecule has 1 aromatic heterocycles. The van der Waals surface area contributed by atoms with Crippen molar-refractivity contribution in [1.29, 1.82) is 0 Å². The van der Waals surface area contributed by atoms with Gasteiger partial charge in [0.15, 0.2) is 0 Å². The maximum absolute atomic E-state index is 6.16. The van der Waals surface area contributed by atoms with E-state index in [1.54, 1.807) is 0 Å². The standard InChI is InChI=1S/C12H21N3/c1-3-5-10-14-11(9-6-7-9)12(13)15(10)8-4-2/h9H,3-8,13H2,1-2H3. The summed E-state index contributed by atoms with van der Waals surface area (Å²) in [6.07, 6.45) is 5.88. The molecule has 2 N–H and O–H groups in total. The van der Waals surface area contributed by atoms with Crippen LogP contribution in [0.4, 0.5) is 5.82 Å². The third kappa shape index (κ3) is 2.01. The number of hydrogen-bond donors (Lipinski definition) is 1. The predicted octanol–water partition coefficient (Wildman–Crippen LogP) is 2.71. The van der Waals surface area contributed by atoms with Crippen LogP contribution < -0.4 is 5.73 Å². The van der Waals surface area contributed by atoms with Crippen LogP contribution in [0.25, 0.3) is 0 Å². The zero-order valence-electron chi connectivity index (χ0n) is 9.79. The molecule has 3 heteroatoms. The molecule has 0 saturated heterocycles. The van der Waals surface area contributed by atoms with Gasteiger partial charge in [0.25, 0.3) is 0 Å². The van der Waals surface area contributed by atoms with Gasteiger partial charge < -0.3 is 10.3 Å². The smallest absolute Gasteiger partial charge is 0.127 e. The number of rotatable bonds is 5. The maximum Gasteiger partial charge on any atom is 0.127 e. The summed E-state index contributed by atoms with van der Waals surface area (Å²) in [5.74, 6) is 2.79. The van der Waals surface area contributed by atoms with Crippen molar-refractivity contribution in [2.24, 2.45) is 0 Å². The molecule has 2 rings (SSSR count). The van der Waals surface area contributed by atoms with Gasteiger partial charge in [0.05, 0.1) is 5.69 Å². The van der Waals surface area contributed by atoms with Crippen LogP contribution in [0.5, 0.6) is 0 Å². The first kappa shape index (κ1) is 10.5. The molecule has 3 nitrogen and oxygen atoms in total. The molecule has 1 aliphatic carbocycles. The molecule has 84 valence electrons. The predicted molar refractivity (Wildman–Crippen MR) is 62.9 cm³/mol. The molecule has 0 unspecified atom stereocenters. The van der Waals surface area contributed by atoms with Crippen molar-refractivity contribution in [2.45, 2.75) is 58.4 Å². The lowest BCUT2D eigenvalue weighted by Crippen LogP contribution is -2.07. The molecule has 1 heterocycles. The van der Waals surface area contributed by atoms with Crippen LogP contribution in [-0.4, -0.2) is 9.55 Å². The molecule has 1 aliphatic rings. The van der Waals surface area contributed by atoms with Crippen molar-refractivity contribution < 1.29 is 0 Å². The van der Waals surface area contributed by atoms with Crippen molar-refractivity contribution in [2.75, 3.05) is 5.73 Å². The minimum Gasteiger partial charge on any atom is -0.384 e. The van der Waals surface area contributed by atoms with E-state index >= 15 is 0 Å². The van der Waals surface area contributed by atoms with Crippen molar-refractivity contribution >= 4 is 5.82 Å². The number of aromatic nitrogens is 2. The van der Waals surface area contributed by atoms with Crippen LogP contribution >= 0.6 is 0 Å². The average Bonchev–Trinajstić information content (AvgIpc) is 3.00. The minimum absolute atomic E-state index is 0.665. The highest BCUT2D eigenvalue weighted by Gasteiger charge is 2.30. The van der Waals surface area contributed by atoms with Crippen molar-refractivity contribution in [3.8, 4) is 0 Å². The Labute approximate surface area is 91.7 Å². The first-order chi connectivity index (χ1) is 7.27. The van der Waals surface area contributed by atoms with E-state index in [-0.39, 0.29) is 0 Å². The minimum atomic E-state index is 0.665. The Kier molecular flexibility index (Phi) is 2.98. The van der Waals surface area contributed by atoms with Crippen LogP contribution in [0.15, 0.2) is 0 Å². The zero-order chi connectivity index (χ0) is 10.8. The van der Waals surface area contributed by atoms with Gasteiger partial charge in [0.2, 0.25) is 0 Å². The second-order valence-electron chi connectivity index (χ2n) is 4.47. The molecule has 0 aromatic carbocycles. The Morgan fingerprint density at radius 2 is 2.07 bits per heavy atom. The van der Waals surface area contributed by atoms with Gasteiger partial charge in [0.1, 0.15) is 11.6 Å². The van der Waals surface area contributed by atoms with Crippen LogP contribution in [-0.2, 0) is 13.0 Å². The summed E-state index contributed by atoms with van der Waals surface area (Å²) in [7, 11) is 0. The summed E-state index contributed by atoms with van der Waals surface area (Å²) in [6.45, 7) is 5.39. The second kappa shape index (κ2) is 4.25. The Hall–Kier alpha value is -0.990. The first-order valence-electron chi connectivity index (χ1n) is 6.12. The molecule has 15 heavy (non-hydrogen) atoms. The van der Waals surface area contributed by atoms with Gasteiger partial charge in [0, 0.05) is 18.9 Å². The third-order valence-electron chi connectivity index (χ3n) is 3.00. The van der Waals surface area contributed by atoms with Gasteiger partial charge in [-0.1, -0.05) is 13.8 Å². The topological polar surface area (TPSA) is 43.8 Å². The third-order valence-corrected chi connectivity index (χ3v) is 3.00. The van der Waals surface area contributed by atoms with Crippen LogP contribution in [0.3, 0.4) is 0 Å². The molecule has 0 amide bonds. The highest BCUT2D eigenvalue weighted by atomic mass is 15.1. The average molecular weight is 207 g/mol. The lowest BCUT2D eigenvalue weighted by molar-refractivity contribution is 0.637. The Morgan fingerprint density at radius 3 is 2.60 bits per heavy atom. The molecule has 0 atom stereocenters. The van der Waals surface area contributed by atoms with Gasteiger partial charge in [-0.2, -0.15) is 0 Å². The van der Waals surface area contributed by atoms with Crippen molar-refractivity contribution in [1.82, 2.24) is 9.55 Å². The van der Waals surface area contributed by atoms with Gasteiger partial charge in [-0.3, -0.25) is 0 Å². The largest absolute Gasteiger partial charge is 0.384 e. The summed E-state index contributed by atoms with van der Waals surface area (Å²) in [6, 6.07) is 0. The molecule has 0 radical (unpaired) electrons. The highest BCUT2D eigenvalue weighted by molar-refractivity contribution is 5.42. The van der Waals surface area contributed by atoms with Crippen molar-refractivity contribution in [3.05, 3.63) is 11.5 Å². The Balaban J connectivity index is 2.29. The summed E-state index contributed by atoms with van der Waals surface area (Å²) >= 11 is 0.